The van der Waals surface area contributed by atoms with Crippen LogP contribution < -0.4 is 10.3 Å². The van der Waals surface area contributed by atoms with E-state index in [0.29, 0.717) is 22.9 Å². The third-order valence-electron chi connectivity index (χ3n) is 6.72. The topological polar surface area (TPSA) is 76.0 Å². The number of hydrogen-bond donors (Lipinski definition) is 1. The van der Waals surface area contributed by atoms with Crippen molar-refractivity contribution in [2.45, 2.75) is 64.0 Å². The maximum Gasteiger partial charge on any atom is 0.262 e. The van der Waals surface area contributed by atoms with Crippen LogP contribution in [0.15, 0.2) is 29.1 Å². The van der Waals surface area contributed by atoms with E-state index >= 15 is 0 Å². The molecule has 1 saturated carbocycles. The number of fused-ring (bicyclic) bond motifs is 1. The Morgan fingerprint density at radius 1 is 1.16 bits per heavy atom. The van der Waals surface area contributed by atoms with Gasteiger partial charge >= 0.3 is 0 Å². The van der Waals surface area contributed by atoms with E-state index in [4.69, 9.17) is 14.8 Å². The van der Waals surface area contributed by atoms with E-state index in [0.717, 1.165) is 62.2 Å². The van der Waals surface area contributed by atoms with Gasteiger partial charge in [-0.1, -0.05) is 31.9 Å². The van der Waals surface area contributed by atoms with Crippen molar-refractivity contribution in [1.82, 2.24) is 24.6 Å². The van der Waals surface area contributed by atoms with Gasteiger partial charge in [0.15, 0.2) is 5.65 Å². The largest absolute Gasteiger partial charge is 0.490 e. The van der Waals surface area contributed by atoms with Crippen LogP contribution in [0.1, 0.15) is 57.2 Å². The summed E-state index contributed by atoms with van der Waals surface area (Å²) in [6, 6.07) is 8.25. The first-order valence-corrected chi connectivity index (χ1v) is 11.6. The monoisotopic (exact) mass is 421 g/mol. The van der Waals surface area contributed by atoms with Crippen LogP contribution in [0.4, 0.5) is 0 Å². The number of rotatable bonds is 5. The quantitative estimate of drug-likeness (QED) is 0.675. The Morgan fingerprint density at radius 3 is 2.68 bits per heavy atom. The molecule has 7 heteroatoms. The first-order valence-electron chi connectivity index (χ1n) is 11.6. The fourth-order valence-corrected chi connectivity index (χ4v) is 4.91. The summed E-state index contributed by atoms with van der Waals surface area (Å²) < 4.78 is 8.26. The van der Waals surface area contributed by atoms with Gasteiger partial charge in [0.05, 0.1) is 11.7 Å². The molecule has 7 nitrogen and oxygen atoms in total. The van der Waals surface area contributed by atoms with Crippen LogP contribution in [0.5, 0.6) is 5.75 Å². The van der Waals surface area contributed by atoms with Crippen LogP contribution in [0.3, 0.4) is 0 Å². The molecule has 0 spiro atoms. The zero-order valence-electron chi connectivity index (χ0n) is 18.4. The number of nitrogens with zero attached hydrogens (tertiary/aromatic N) is 4. The maximum atomic E-state index is 13.0. The third kappa shape index (κ3) is 3.99. The van der Waals surface area contributed by atoms with Gasteiger partial charge in [-0.2, -0.15) is 5.10 Å². The predicted molar refractivity (Wildman–Crippen MR) is 122 cm³/mol. The van der Waals surface area contributed by atoms with Gasteiger partial charge < -0.3 is 14.6 Å². The van der Waals surface area contributed by atoms with Crippen molar-refractivity contribution in [3.63, 3.8) is 0 Å². The molecule has 5 rings (SSSR count). The molecular formula is C24H31N5O2. The second-order valence-electron chi connectivity index (χ2n) is 8.94. The summed E-state index contributed by atoms with van der Waals surface area (Å²) in [6.45, 7) is 4.15. The van der Waals surface area contributed by atoms with Crippen molar-refractivity contribution in [3.8, 4) is 17.1 Å². The van der Waals surface area contributed by atoms with Crippen molar-refractivity contribution in [2.75, 3.05) is 20.1 Å². The number of nitrogens with one attached hydrogen (secondary N) is 1. The van der Waals surface area contributed by atoms with Crippen LogP contribution >= 0.6 is 0 Å². The number of aryl methyl sites for hydroxylation is 1. The second-order valence-corrected chi connectivity index (χ2v) is 8.94. The lowest BCUT2D eigenvalue weighted by molar-refractivity contribution is 0.114. The van der Waals surface area contributed by atoms with Gasteiger partial charge in [-0.3, -0.25) is 4.79 Å². The Hall–Kier alpha value is -2.67. The zero-order valence-corrected chi connectivity index (χ0v) is 18.4. The highest BCUT2D eigenvalue weighted by Crippen LogP contribution is 2.32. The van der Waals surface area contributed by atoms with E-state index in [1.165, 1.54) is 12.8 Å². The molecule has 3 aromatic rings. The average Bonchev–Trinajstić information content (AvgIpc) is 3.43. The number of likely N-dealkylation sites (tertiary alicyclic amines) is 1. The van der Waals surface area contributed by atoms with Crippen LogP contribution in [0.25, 0.3) is 22.4 Å². The molecule has 1 aliphatic heterocycles. The first kappa shape index (κ1) is 20.2. The number of aromatic amines is 1. The van der Waals surface area contributed by atoms with Crippen LogP contribution in [0, 0.1) is 0 Å². The van der Waals surface area contributed by atoms with Crippen LogP contribution in [-0.4, -0.2) is 50.9 Å². The minimum Gasteiger partial charge on any atom is -0.490 e. The fraction of sp³-hybridized carbons (Fsp3) is 0.542. The number of aromatic nitrogens is 4. The van der Waals surface area contributed by atoms with E-state index in [-0.39, 0.29) is 11.7 Å². The molecule has 2 aliphatic rings. The maximum absolute atomic E-state index is 13.0. The number of piperidine rings is 1. The van der Waals surface area contributed by atoms with Crippen molar-refractivity contribution >= 4 is 11.0 Å². The van der Waals surface area contributed by atoms with Crippen molar-refractivity contribution < 1.29 is 4.74 Å². The zero-order chi connectivity index (χ0) is 21.4. The lowest BCUT2D eigenvalue weighted by Crippen LogP contribution is -2.35. The smallest absolute Gasteiger partial charge is 0.262 e. The van der Waals surface area contributed by atoms with E-state index in [2.05, 4.69) is 16.9 Å². The number of H-pyrrole nitrogens is 1. The highest BCUT2D eigenvalue weighted by atomic mass is 16.5. The van der Waals surface area contributed by atoms with E-state index in [9.17, 15) is 4.79 Å². The molecule has 0 unspecified atom stereocenters. The van der Waals surface area contributed by atoms with Crippen LogP contribution in [-0.2, 0) is 6.42 Å². The Labute approximate surface area is 182 Å². The van der Waals surface area contributed by atoms with Gasteiger partial charge in [-0.15, -0.1) is 0 Å². The molecular weight excluding hydrogens is 390 g/mol. The molecule has 0 atom stereocenters. The molecule has 0 radical (unpaired) electrons. The van der Waals surface area contributed by atoms with E-state index in [1.807, 2.05) is 35.9 Å². The van der Waals surface area contributed by atoms with Gasteiger partial charge in [-0.25, -0.2) is 9.67 Å². The molecule has 1 N–H and O–H groups in total. The molecule has 164 valence electrons. The summed E-state index contributed by atoms with van der Waals surface area (Å²) in [6.07, 6.45) is 7.63. The summed E-state index contributed by atoms with van der Waals surface area (Å²) >= 11 is 0. The summed E-state index contributed by atoms with van der Waals surface area (Å²) in [7, 11) is 2.15. The molecule has 3 heterocycles. The average molecular weight is 422 g/mol. The van der Waals surface area contributed by atoms with Gasteiger partial charge in [0.1, 0.15) is 23.1 Å². The fourth-order valence-electron chi connectivity index (χ4n) is 4.91. The Bertz CT molecular complexity index is 1120. The van der Waals surface area contributed by atoms with E-state index in [1.54, 1.807) is 0 Å². The Kier molecular flexibility index (Phi) is 5.52. The minimum absolute atomic E-state index is 0.109. The molecule has 1 aromatic carbocycles. The third-order valence-corrected chi connectivity index (χ3v) is 6.72. The SMILES string of the molecule is CCc1nn(C2CCCC2)c2nc(-c3cccc(OC4CCN(C)CC4)c3)[nH]c(=O)c12. The van der Waals surface area contributed by atoms with Gasteiger partial charge in [0.25, 0.3) is 5.56 Å². The molecule has 1 aliphatic carbocycles. The Morgan fingerprint density at radius 2 is 1.94 bits per heavy atom. The second kappa shape index (κ2) is 8.46. The first-order chi connectivity index (χ1) is 15.1. The summed E-state index contributed by atoms with van der Waals surface area (Å²) in [4.78, 5) is 23.3. The number of benzene rings is 1. The van der Waals surface area contributed by atoms with E-state index < -0.39 is 0 Å². The lowest BCUT2D eigenvalue weighted by Gasteiger charge is -2.29. The number of hydrogen-bond acceptors (Lipinski definition) is 5. The van der Waals surface area contributed by atoms with Crippen molar-refractivity contribution in [3.05, 3.63) is 40.3 Å². The predicted octanol–water partition coefficient (Wildman–Crippen LogP) is 3.94. The normalized spacial score (nSPS) is 18.8. The lowest BCUT2D eigenvalue weighted by atomic mass is 10.1. The highest BCUT2D eigenvalue weighted by Gasteiger charge is 2.24. The molecule has 2 fully saturated rings. The summed E-state index contributed by atoms with van der Waals surface area (Å²) in [5.74, 6) is 1.40. The Balaban J connectivity index is 1.50. The molecule has 2 aromatic heterocycles. The van der Waals surface area contributed by atoms with Crippen LogP contribution in [0.2, 0.25) is 0 Å². The standard InChI is InChI=1S/C24H31N5O2/c1-3-20-21-23(29(27-20)17-8-4-5-9-17)25-22(26-24(21)30)16-7-6-10-19(15-16)31-18-11-13-28(2)14-12-18/h6-7,10,15,17-18H,3-5,8-9,11-14H2,1-2H3,(H,25,26,30). The highest BCUT2D eigenvalue weighted by molar-refractivity contribution is 5.79. The van der Waals surface area contributed by atoms with Crippen molar-refractivity contribution in [2.24, 2.45) is 0 Å². The summed E-state index contributed by atoms with van der Waals surface area (Å²) in [5.41, 5.74) is 2.30. The molecule has 31 heavy (non-hydrogen) atoms. The molecule has 0 amide bonds. The molecule has 0 bridgehead atoms. The minimum atomic E-state index is -0.109. The van der Waals surface area contributed by atoms with Gasteiger partial charge in [0, 0.05) is 18.7 Å². The number of ether oxygens (including phenoxy) is 1. The van der Waals surface area contributed by atoms with Crippen molar-refractivity contribution in [1.29, 1.82) is 0 Å². The van der Waals surface area contributed by atoms with Gasteiger partial charge in [-0.05, 0) is 51.3 Å². The van der Waals surface area contributed by atoms with Gasteiger partial charge in [0.2, 0.25) is 0 Å². The summed E-state index contributed by atoms with van der Waals surface area (Å²) in [5, 5.41) is 5.43. The molecule has 1 saturated heterocycles.